The second-order valence-corrected chi connectivity index (χ2v) is 7.74. The average molecular weight is 396 g/mol. The van der Waals surface area contributed by atoms with E-state index in [1.54, 1.807) is 35.0 Å². The van der Waals surface area contributed by atoms with E-state index in [0.717, 1.165) is 16.7 Å². The minimum absolute atomic E-state index is 0.198. The molecule has 0 saturated carbocycles. The van der Waals surface area contributed by atoms with Gasteiger partial charge in [0.25, 0.3) is 10.0 Å². The molecule has 0 saturated heterocycles. The van der Waals surface area contributed by atoms with Gasteiger partial charge in [0.05, 0.1) is 16.8 Å². The standard InChI is InChI=1S/C20H20N4O3S/c1-15-14-20(21-16(2)25)24(22-15)19-10-8-18(9-11-19)23-28(26,27)13-12-17-6-4-3-5-7-17/h3-14,23H,1-2H3,(H,21,25)/b13-12+. The lowest BCUT2D eigenvalue weighted by molar-refractivity contribution is -0.114. The van der Waals surface area contributed by atoms with Crippen LogP contribution >= 0.6 is 0 Å². The highest BCUT2D eigenvalue weighted by Gasteiger charge is 2.10. The number of aryl methyl sites for hydroxylation is 1. The molecule has 0 fully saturated rings. The number of sulfonamides is 1. The van der Waals surface area contributed by atoms with Crippen molar-refractivity contribution in [1.29, 1.82) is 0 Å². The third kappa shape index (κ3) is 5.08. The summed E-state index contributed by atoms with van der Waals surface area (Å²) in [6.07, 6.45) is 1.53. The number of carbonyl (C=O) groups excluding carboxylic acids is 1. The van der Waals surface area contributed by atoms with Crippen LogP contribution in [-0.2, 0) is 14.8 Å². The smallest absolute Gasteiger partial charge is 0.255 e. The third-order valence-electron chi connectivity index (χ3n) is 3.75. The molecule has 144 valence electrons. The highest BCUT2D eigenvalue weighted by molar-refractivity contribution is 7.95. The number of hydrogen-bond donors (Lipinski definition) is 2. The molecule has 0 unspecified atom stereocenters. The molecule has 8 heteroatoms. The number of anilines is 2. The van der Waals surface area contributed by atoms with Crippen molar-refractivity contribution in [3.8, 4) is 5.69 Å². The molecular weight excluding hydrogens is 376 g/mol. The Kier molecular flexibility index (Phi) is 5.60. The second-order valence-electron chi connectivity index (χ2n) is 6.17. The first-order valence-corrected chi connectivity index (χ1v) is 10.1. The van der Waals surface area contributed by atoms with E-state index in [0.29, 0.717) is 17.2 Å². The molecule has 0 bridgehead atoms. The summed E-state index contributed by atoms with van der Waals surface area (Å²) in [5.74, 6) is 0.347. The average Bonchev–Trinajstić information content (AvgIpc) is 3.01. The topological polar surface area (TPSA) is 93.1 Å². The Labute approximate surface area is 163 Å². The van der Waals surface area contributed by atoms with Crippen LogP contribution in [0.4, 0.5) is 11.5 Å². The number of benzene rings is 2. The molecule has 2 N–H and O–H groups in total. The lowest BCUT2D eigenvalue weighted by Gasteiger charge is -2.09. The van der Waals surface area contributed by atoms with Gasteiger partial charge in [-0.15, -0.1) is 0 Å². The molecule has 1 amide bonds. The van der Waals surface area contributed by atoms with Crippen LogP contribution in [0.25, 0.3) is 11.8 Å². The molecule has 1 heterocycles. The maximum Gasteiger partial charge on any atom is 0.255 e. The van der Waals surface area contributed by atoms with Crippen LogP contribution in [-0.4, -0.2) is 24.1 Å². The summed E-state index contributed by atoms with van der Waals surface area (Å²) in [4.78, 5) is 11.3. The molecule has 2 aromatic carbocycles. The summed E-state index contributed by atoms with van der Waals surface area (Å²) >= 11 is 0. The molecule has 0 radical (unpaired) electrons. The van der Waals surface area contributed by atoms with E-state index in [9.17, 15) is 13.2 Å². The Balaban J connectivity index is 1.76. The fraction of sp³-hybridized carbons (Fsp3) is 0.100. The van der Waals surface area contributed by atoms with E-state index in [-0.39, 0.29) is 5.91 Å². The number of aromatic nitrogens is 2. The van der Waals surface area contributed by atoms with Crippen molar-refractivity contribution < 1.29 is 13.2 Å². The number of hydrogen-bond acceptors (Lipinski definition) is 4. The van der Waals surface area contributed by atoms with Gasteiger partial charge in [0, 0.05) is 18.7 Å². The quantitative estimate of drug-likeness (QED) is 0.666. The Morgan fingerprint density at radius 1 is 1.07 bits per heavy atom. The van der Waals surface area contributed by atoms with E-state index in [4.69, 9.17) is 0 Å². The van der Waals surface area contributed by atoms with Gasteiger partial charge in [-0.1, -0.05) is 30.3 Å². The lowest BCUT2D eigenvalue weighted by Crippen LogP contribution is -2.11. The molecule has 0 atom stereocenters. The van der Waals surface area contributed by atoms with Gasteiger partial charge in [0.15, 0.2) is 0 Å². The van der Waals surface area contributed by atoms with Crippen LogP contribution in [0, 0.1) is 6.92 Å². The number of amides is 1. The maximum absolute atomic E-state index is 12.2. The van der Waals surface area contributed by atoms with Crippen LogP contribution in [0.5, 0.6) is 0 Å². The van der Waals surface area contributed by atoms with Crippen LogP contribution < -0.4 is 10.0 Å². The van der Waals surface area contributed by atoms with E-state index in [2.05, 4.69) is 15.1 Å². The first kappa shape index (κ1) is 19.4. The van der Waals surface area contributed by atoms with Gasteiger partial charge in [0.1, 0.15) is 5.82 Å². The van der Waals surface area contributed by atoms with Crippen molar-refractivity contribution in [3.05, 3.63) is 77.3 Å². The predicted octanol–water partition coefficient (Wildman–Crippen LogP) is 3.55. The summed E-state index contributed by atoms with van der Waals surface area (Å²) in [5.41, 5.74) is 2.66. The first-order chi connectivity index (χ1) is 13.3. The monoisotopic (exact) mass is 396 g/mol. The van der Waals surface area contributed by atoms with Crippen molar-refractivity contribution in [1.82, 2.24) is 9.78 Å². The molecule has 0 aliphatic rings. The second kappa shape index (κ2) is 8.10. The first-order valence-electron chi connectivity index (χ1n) is 8.53. The van der Waals surface area contributed by atoms with Crippen molar-refractivity contribution in [2.45, 2.75) is 13.8 Å². The van der Waals surface area contributed by atoms with Crippen LogP contribution in [0.1, 0.15) is 18.2 Å². The molecule has 1 aromatic heterocycles. The van der Waals surface area contributed by atoms with Crippen molar-refractivity contribution in [3.63, 3.8) is 0 Å². The number of nitrogens with zero attached hydrogens (tertiary/aromatic N) is 2. The van der Waals surface area contributed by atoms with Gasteiger partial charge in [-0.2, -0.15) is 5.10 Å². The molecule has 0 spiro atoms. The van der Waals surface area contributed by atoms with Crippen LogP contribution in [0.15, 0.2) is 66.1 Å². The Hall–Kier alpha value is -3.39. The third-order valence-corrected chi connectivity index (χ3v) is 4.76. The molecule has 3 rings (SSSR count). The zero-order chi connectivity index (χ0) is 20.1. The fourth-order valence-corrected chi connectivity index (χ4v) is 3.44. The highest BCUT2D eigenvalue weighted by atomic mass is 32.2. The number of rotatable bonds is 6. The molecule has 3 aromatic rings. The molecule has 0 aliphatic carbocycles. The summed E-state index contributed by atoms with van der Waals surface area (Å²) in [5, 5.41) is 8.20. The molecule has 0 aliphatic heterocycles. The summed E-state index contributed by atoms with van der Waals surface area (Å²) in [6.45, 7) is 3.25. The van der Waals surface area contributed by atoms with Crippen molar-refractivity contribution in [2.75, 3.05) is 10.0 Å². The van der Waals surface area contributed by atoms with E-state index in [1.165, 1.54) is 13.0 Å². The highest BCUT2D eigenvalue weighted by Crippen LogP contribution is 2.20. The SMILES string of the molecule is CC(=O)Nc1cc(C)nn1-c1ccc(NS(=O)(=O)/C=C/c2ccccc2)cc1. The fourth-order valence-electron chi connectivity index (χ4n) is 2.57. The van der Waals surface area contributed by atoms with Crippen molar-refractivity contribution in [2.24, 2.45) is 0 Å². The maximum atomic E-state index is 12.2. The van der Waals surface area contributed by atoms with Gasteiger partial charge in [-0.05, 0) is 42.8 Å². The molecule has 28 heavy (non-hydrogen) atoms. The largest absolute Gasteiger partial charge is 0.311 e. The predicted molar refractivity (Wildman–Crippen MR) is 111 cm³/mol. The summed E-state index contributed by atoms with van der Waals surface area (Å²) in [6, 6.07) is 17.6. The lowest BCUT2D eigenvalue weighted by atomic mass is 10.2. The zero-order valence-electron chi connectivity index (χ0n) is 15.5. The Morgan fingerprint density at radius 2 is 1.75 bits per heavy atom. The Bertz CT molecular complexity index is 1100. The molecular formula is C20H20N4O3S. The van der Waals surface area contributed by atoms with Gasteiger partial charge in [-0.3, -0.25) is 9.52 Å². The van der Waals surface area contributed by atoms with Gasteiger partial charge in [0.2, 0.25) is 5.91 Å². The van der Waals surface area contributed by atoms with E-state index >= 15 is 0 Å². The summed E-state index contributed by atoms with van der Waals surface area (Å²) < 4.78 is 28.6. The van der Waals surface area contributed by atoms with Gasteiger partial charge < -0.3 is 5.32 Å². The van der Waals surface area contributed by atoms with Crippen LogP contribution in [0.3, 0.4) is 0 Å². The number of carbonyl (C=O) groups is 1. The van der Waals surface area contributed by atoms with E-state index in [1.807, 2.05) is 37.3 Å². The molecule has 7 nitrogen and oxygen atoms in total. The van der Waals surface area contributed by atoms with Gasteiger partial charge >= 0.3 is 0 Å². The Morgan fingerprint density at radius 3 is 2.39 bits per heavy atom. The van der Waals surface area contributed by atoms with Crippen LogP contribution in [0.2, 0.25) is 0 Å². The number of nitrogens with one attached hydrogen (secondary N) is 2. The summed E-state index contributed by atoms with van der Waals surface area (Å²) in [7, 11) is -3.64. The van der Waals surface area contributed by atoms with E-state index < -0.39 is 10.0 Å². The normalized spacial score (nSPS) is 11.5. The minimum Gasteiger partial charge on any atom is -0.311 e. The van der Waals surface area contributed by atoms with Gasteiger partial charge in [-0.25, -0.2) is 13.1 Å². The van der Waals surface area contributed by atoms with Crippen molar-refractivity contribution >= 4 is 33.5 Å². The zero-order valence-corrected chi connectivity index (χ0v) is 16.3. The minimum atomic E-state index is -3.64.